The number of nitrogens with zero attached hydrogens (tertiary/aromatic N) is 4. The highest BCUT2D eigenvalue weighted by Crippen LogP contribution is 2.31. The Morgan fingerprint density at radius 3 is 0.912 bits per heavy atom. The second-order valence-corrected chi connectivity index (χ2v) is 24.9. The summed E-state index contributed by atoms with van der Waals surface area (Å²) in [7, 11) is -15.9. The molecule has 0 N–H and O–H groups in total. The number of aryl methyl sites for hydroxylation is 4. The predicted octanol–water partition coefficient (Wildman–Crippen LogP) is 11.9. The molecule has 482 valence electrons. The highest BCUT2D eigenvalue weighted by molar-refractivity contribution is 7.87. The molecule has 0 atom stereocenters. The summed E-state index contributed by atoms with van der Waals surface area (Å²) in [6.07, 6.45) is 0. The van der Waals surface area contributed by atoms with Crippen LogP contribution in [0.25, 0.3) is 0 Å². The highest BCUT2D eigenvalue weighted by Gasteiger charge is 2.35. The molecule has 0 unspecified atom stereocenters. The zero-order valence-corrected chi connectivity index (χ0v) is 51.0. The van der Waals surface area contributed by atoms with E-state index in [4.69, 9.17) is 17.3 Å². The minimum Gasteiger partial charge on any atom is -0.497 e. The molecule has 0 amide bonds. The number of methoxy groups -OCH3 is 1. The van der Waals surface area contributed by atoms with Gasteiger partial charge in [0.25, 0.3) is 53.1 Å². The van der Waals surface area contributed by atoms with Crippen LogP contribution in [-0.2, 0) is 83.6 Å². The molecule has 25 nitrogen and oxygen atoms in total. The summed E-state index contributed by atoms with van der Waals surface area (Å²) < 4.78 is 187. The number of hydrogen-bond acceptors (Lipinski definition) is 21. The second kappa shape index (κ2) is 31.3. The van der Waals surface area contributed by atoms with Crippen LogP contribution in [0.3, 0.4) is 0 Å². The molecular formula is C57H49F5N4O21S4. The topological polar surface area (TPSA) is 355 Å². The van der Waals surface area contributed by atoms with E-state index in [2.05, 4.69) is 4.18 Å². The Labute approximate surface area is 515 Å². The standard InChI is InChI=1S/C16H17NO5S.C14H13NO6S.C14H13NO5S.C13H6F5NO5S/c1-11-8-12(2)16(13(3)9-11)23(20,21)22-10-14-6-4-5-7-15(14)17(18)19;1-20-12-6-8-13(9-7-12)22(18,19)21-10-11-4-2-3-5-14(11)15(16)17;1-11-6-8-13(9-7-11)21(18,19)20-10-12-4-2-3-5-14(12)15(16)17;14-8-9(15)11(17)13(12(18)10(8)16)25(22,23)24-5-6-3-1-2-4-7(6)19(20)21/h4-9H,10H2,1-3H3;2-9H,10H2,1H3;2-9H,10H2,1H3;1-4H,5H2. The van der Waals surface area contributed by atoms with Gasteiger partial charge >= 0.3 is 10.1 Å². The summed E-state index contributed by atoms with van der Waals surface area (Å²) in [4.78, 5) is 38.8. The molecule has 0 aliphatic carbocycles. The van der Waals surface area contributed by atoms with E-state index in [0.29, 0.717) is 16.9 Å². The van der Waals surface area contributed by atoms with Crippen molar-refractivity contribution in [2.75, 3.05) is 7.11 Å². The van der Waals surface area contributed by atoms with Crippen molar-refractivity contribution < 1.29 is 96.8 Å². The molecule has 0 saturated heterocycles. The van der Waals surface area contributed by atoms with Crippen molar-refractivity contribution in [1.29, 1.82) is 0 Å². The summed E-state index contributed by atoms with van der Waals surface area (Å²) in [5.74, 6) is -12.2. The highest BCUT2D eigenvalue weighted by atomic mass is 32.2. The van der Waals surface area contributed by atoms with E-state index < -0.39 is 113 Å². The molecule has 0 spiro atoms. The first-order chi connectivity index (χ1) is 42.6. The van der Waals surface area contributed by atoms with E-state index in [0.717, 1.165) is 23.3 Å². The number of benzene rings is 8. The van der Waals surface area contributed by atoms with Gasteiger partial charge < -0.3 is 4.74 Å². The first kappa shape index (κ1) is 72.2. The van der Waals surface area contributed by atoms with Crippen molar-refractivity contribution in [3.05, 3.63) is 272 Å². The third-order valence-corrected chi connectivity index (χ3v) is 17.6. The smallest absolute Gasteiger partial charge is 0.303 e. The lowest BCUT2D eigenvalue weighted by molar-refractivity contribution is -0.386. The SMILES string of the molecule is COc1ccc(S(=O)(=O)OCc2ccccc2[N+](=O)[O-])cc1.Cc1cc(C)c(S(=O)(=O)OCc2ccccc2[N+](=O)[O-])c(C)c1.Cc1ccc(S(=O)(=O)OCc2ccccc2[N+](=O)[O-])cc1.O=[N+]([O-])c1ccccc1COS(=O)(=O)c1c(F)c(F)c(F)c(F)c1F. The van der Waals surface area contributed by atoms with Gasteiger partial charge in [0.2, 0.25) is 5.82 Å². The van der Waals surface area contributed by atoms with E-state index in [1.54, 1.807) is 56.3 Å². The molecule has 0 saturated carbocycles. The number of halogens is 5. The van der Waals surface area contributed by atoms with Gasteiger partial charge in [0.1, 0.15) is 5.75 Å². The number of rotatable bonds is 21. The molecule has 8 aromatic rings. The maximum Gasteiger partial charge on any atom is 0.303 e. The average Bonchev–Trinajstić information content (AvgIpc) is 0.809. The molecule has 0 aliphatic heterocycles. The first-order valence-electron chi connectivity index (χ1n) is 25.4. The van der Waals surface area contributed by atoms with Gasteiger partial charge in [-0.05, 0) is 99.5 Å². The van der Waals surface area contributed by atoms with Crippen molar-refractivity contribution in [1.82, 2.24) is 0 Å². The molecular weight excluding hydrogens is 1300 g/mol. The van der Waals surface area contributed by atoms with Gasteiger partial charge in [-0.3, -0.25) is 57.2 Å². The summed E-state index contributed by atoms with van der Waals surface area (Å²) in [6.45, 7) is 4.88. The van der Waals surface area contributed by atoms with Crippen molar-refractivity contribution in [3.8, 4) is 5.75 Å². The van der Waals surface area contributed by atoms with E-state index in [1.165, 1.54) is 110 Å². The van der Waals surface area contributed by atoms with E-state index in [9.17, 15) is 96.1 Å². The number of para-hydroxylation sites is 4. The molecule has 34 heteroatoms. The second-order valence-electron chi connectivity index (χ2n) is 18.5. The maximum absolute atomic E-state index is 13.5. The normalized spacial score (nSPS) is 11.4. The number of hydrogen-bond donors (Lipinski definition) is 0. The van der Waals surface area contributed by atoms with Crippen LogP contribution in [0.2, 0.25) is 0 Å². The molecule has 0 aliphatic rings. The van der Waals surface area contributed by atoms with E-state index >= 15 is 0 Å². The Hall–Kier alpha value is -9.55. The number of ether oxygens (including phenoxy) is 1. The Bertz CT molecular complexity index is 4440. The third-order valence-electron chi connectivity index (χ3n) is 12.2. The summed E-state index contributed by atoms with van der Waals surface area (Å²) in [5.41, 5.74) is 2.28. The van der Waals surface area contributed by atoms with E-state index in [-0.39, 0.29) is 67.2 Å². The molecule has 0 aromatic heterocycles. The summed E-state index contributed by atoms with van der Waals surface area (Å²) in [5, 5.41) is 43.5. The van der Waals surface area contributed by atoms with Crippen LogP contribution < -0.4 is 4.74 Å². The lowest BCUT2D eigenvalue weighted by atomic mass is 10.1. The van der Waals surface area contributed by atoms with Crippen LogP contribution >= 0.6 is 0 Å². The van der Waals surface area contributed by atoms with Crippen LogP contribution in [0.15, 0.2) is 177 Å². The van der Waals surface area contributed by atoms with Crippen LogP contribution in [0.4, 0.5) is 44.7 Å². The fraction of sp³-hybridized carbons (Fsp3) is 0.158. The lowest BCUT2D eigenvalue weighted by Gasteiger charge is -2.12. The van der Waals surface area contributed by atoms with Crippen molar-refractivity contribution in [3.63, 3.8) is 0 Å². The molecule has 91 heavy (non-hydrogen) atoms. The zero-order chi connectivity index (χ0) is 67.8. The molecule has 0 heterocycles. The Balaban J connectivity index is 0.000000221. The molecule has 0 fully saturated rings. The van der Waals surface area contributed by atoms with Crippen molar-refractivity contribution >= 4 is 63.2 Å². The molecule has 8 aromatic carbocycles. The van der Waals surface area contributed by atoms with Gasteiger partial charge in [-0.2, -0.15) is 33.7 Å². The molecule has 0 bridgehead atoms. The number of nitro groups is 4. The third kappa shape index (κ3) is 19.2. The maximum atomic E-state index is 13.5. The van der Waals surface area contributed by atoms with Gasteiger partial charge in [0.05, 0.1) is 90.2 Å². The van der Waals surface area contributed by atoms with Gasteiger partial charge in [-0.15, -0.1) is 0 Å². The molecule has 8 rings (SSSR count). The number of nitro benzene ring substituents is 4. The zero-order valence-electron chi connectivity index (χ0n) is 47.7. The van der Waals surface area contributed by atoms with Gasteiger partial charge in [-0.25, -0.2) is 22.0 Å². The fourth-order valence-corrected chi connectivity index (χ4v) is 12.0. The van der Waals surface area contributed by atoms with Crippen LogP contribution in [0.1, 0.15) is 44.5 Å². The van der Waals surface area contributed by atoms with E-state index in [1.807, 2.05) is 13.8 Å². The molecule has 0 radical (unpaired) electrons. The fourth-order valence-electron chi connectivity index (χ4n) is 7.87. The van der Waals surface area contributed by atoms with Crippen LogP contribution in [-0.4, -0.2) is 60.5 Å². The quantitative estimate of drug-likeness (QED) is 0.0161. The van der Waals surface area contributed by atoms with Gasteiger partial charge in [0.15, 0.2) is 28.2 Å². The largest absolute Gasteiger partial charge is 0.497 e. The monoisotopic (exact) mass is 1350 g/mol. The predicted molar refractivity (Wildman–Crippen MR) is 311 cm³/mol. The van der Waals surface area contributed by atoms with Gasteiger partial charge in [0, 0.05) is 24.3 Å². The van der Waals surface area contributed by atoms with Crippen molar-refractivity contribution in [2.45, 2.75) is 73.7 Å². The van der Waals surface area contributed by atoms with Crippen molar-refractivity contribution in [2.24, 2.45) is 0 Å². The first-order valence-corrected chi connectivity index (χ1v) is 31.0. The average molecular weight is 1350 g/mol. The van der Waals surface area contributed by atoms with Gasteiger partial charge in [-0.1, -0.05) is 83.9 Å². The Morgan fingerprint density at radius 1 is 0.352 bits per heavy atom. The lowest BCUT2D eigenvalue weighted by Crippen LogP contribution is -2.15. The minimum atomic E-state index is -5.44. The Kier molecular flexibility index (Phi) is 24.8. The Morgan fingerprint density at radius 2 is 0.615 bits per heavy atom. The summed E-state index contributed by atoms with van der Waals surface area (Å²) in [6, 6.07) is 37.6. The minimum absolute atomic E-state index is 0.0201. The van der Waals surface area contributed by atoms with Crippen LogP contribution in [0.5, 0.6) is 5.75 Å². The van der Waals surface area contributed by atoms with Crippen LogP contribution in [0, 0.1) is 97.2 Å². The summed E-state index contributed by atoms with van der Waals surface area (Å²) >= 11 is 0.